The molecule has 1 fully saturated rings. The number of aliphatic hydroxyl groups is 1. The minimum atomic E-state index is -0.755. The summed E-state index contributed by atoms with van der Waals surface area (Å²) in [5.41, 5.74) is 0.521. The van der Waals surface area contributed by atoms with Gasteiger partial charge in [0.05, 0.1) is 17.9 Å². The molecule has 5 nitrogen and oxygen atoms in total. The maximum absolute atomic E-state index is 12.3. The molecule has 1 aliphatic heterocycles. The van der Waals surface area contributed by atoms with Crippen LogP contribution in [0, 0.1) is 35.0 Å². The summed E-state index contributed by atoms with van der Waals surface area (Å²) in [6.45, 7) is 8.28. The predicted molar refractivity (Wildman–Crippen MR) is 111 cm³/mol. The van der Waals surface area contributed by atoms with E-state index in [0.717, 1.165) is 12.8 Å². The zero-order valence-corrected chi connectivity index (χ0v) is 18.1. The van der Waals surface area contributed by atoms with Crippen LogP contribution in [-0.2, 0) is 14.3 Å². The molecule has 162 valence electrons. The van der Waals surface area contributed by atoms with Gasteiger partial charge in [-0.15, -0.1) is 0 Å². The number of aliphatic hydroxyl groups excluding tert-OH is 1. The average Bonchev–Trinajstić information content (AvgIpc) is 2.65. The Kier molecular flexibility index (Phi) is 6.57. The summed E-state index contributed by atoms with van der Waals surface area (Å²) in [6, 6.07) is 0. The minimum Gasteiger partial charge on any atom is -0.481 e. The van der Waals surface area contributed by atoms with Crippen LogP contribution < -0.4 is 0 Å². The summed E-state index contributed by atoms with van der Waals surface area (Å²) in [7, 11) is 0. The highest BCUT2D eigenvalue weighted by atomic mass is 16.5. The Labute approximate surface area is 174 Å². The van der Waals surface area contributed by atoms with E-state index in [-0.39, 0.29) is 30.3 Å². The molecular weight excluding hydrogens is 368 g/mol. The monoisotopic (exact) mass is 404 g/mol. The first-order chi connectivity index (χ1) is 13.7. The van der Waals surface area contributed by atoms with E-state index in [9.17, 15) is 19.8 Å². The normalized spacial score (nSPS) is 39.1. The summed E-state index contributed by atoms with van der Waals surface area (Å²) in [4.78, 5) is 24.0. The summed E-state index contributed by atoms with van der Waals surface area (Å²) < 4.78 is 5.46. The van der Waals surface area contributed by atoms with Crippen molar-refractivity contribution in [3.8, 4) is 0 Å². The SMILES string of the molecule is CCC(C)(C(=O)O)C1CC(C)C=C2C=CC(C)C(CCC3CC(O)CC(=O)O3)C21. The third kappa shape index (κ3) is 4.45. The molecule has 1 saturated heterocycles. The Balaban J connectivity index is 1.85. The highest BCUT2D eigenvalue weighted by Crippen LogP contribution is 2.53. The molecule has 0 amide bonds. The van der Waals surface area contributed by atoms with Gasteiger partial charge in [-0.25, -0.2) is 0 Å². The van der Waals surface area contributed by atoms with Crippen LogP contribution in [0.25, 0.3) is 0 Å². The molecule has 0 aromatic heterocycles. The minimum absolute atomic E-state index is 0.0805. The number of ether oxygens (including phenoxy) is 1. The largest absolute Gasteiger partial charge is 0.481 e. The van der Waals surface area contributed by atoms with Crippen molar-refractivity contribution in [1.82, 2.24) is 0 Å². The van der Waals surface area contributed by atoms with E-state index in [4.69, 9.17) is 4.74 Å². The van der Waals surface area contributed by atoms with E-state index in [1.807, 2.05) is 13.8 Å². The van der Waals surface area contributed by atoms with E-state index in [1.165, 1.54) is 5.57 Å². The van der Waals surface area contributed by atoms with Gasteiger partial charge in [-0.3, -0.25) is 9.59 Å². The van der Waals surface area contributed by atoms with E-state index >= 15 is 0 Å². The standard InChI is InChI=1S/C24H36O5/c1-5-24(4,23(27)28)20-11-14(2)10-16-7-6-15(3)19(22(16)20)9-8-18-12-17(25)13-21(26)29-18/h6-7,10,14-15,17-20,22,25H,5,8-9,11-13H2,1-4H3,(H,27,28). The van der Waals surface area contributed by atoms with Gasteiger partial charge in [-0.1, -0.05) is 39.0 Å². The molecule has 2 aliphatic carbocycles. The van der Waals surface area contributed by atoms with Crippen molar-refractivity contribution < 1.29 is 24.5 Å². The molecule has 8 atom stereocenters. The zero-order chi connectivity index (χ0) is 21.3. The Hall–Kier alpha value is -1.62. The molecule has 0 radical (unpaired) electrons. The van der Waals surface area contributed by atoms with Gasteiger partial charge >= 0.3 is 11.9 Å². The Morgan fingerprint density at radius 2 is 2.00 bits per heavy atom. The highest BCUT2D eigenvalue weighted by Gasteiger charge is 2.50. The average molecular weight is 405 g/mol. The molecule has 0 spiro atoms. The molecule has 0 aromatic rings. The molecule has 0 bridgehead atoms. The third-order valence-electron chi connectivity index (χ3n) is 7.75. The van der Waals surface area contributed by atoms with E-state index in [0.29, 0.717) is 37.0 Å². The van der Waals surface area contributed by atoms with Crippen molar-refractivity contribution in [1.29, 1.82) is 0 Å². The lowest BCUT2D eigenvalue weighted by atomic mass is 9.55. The number of allylic oxidation sites excluding steroid dienone is 4. The van der Waals surface area contributed by atoms with Crippen LogP contribution in [0.2, 0.25) is 0 Å². The van der Waals surface area contributed by atoms with Gasteiger partial charge in [-0.2, -0.15) is 0 Å². The second-order valence-electron chi connectivity index (χ2n) is 9.75. The number of aliphatic carboxylic acids is 1. The van der Waals surface area contributed by atoms with Crippen molar-refractivity contribution in [2.45, 2.75) is 78.4 Å². The van der Waals surface area contributed by atoms with E-state index < -0.39 is 17.5 Å². The summed E-state index contributed by atoms with van der Waals surface area (Å²) >= 11 is 0. The molecule has 29 heavy (non-hydrogen) atoms. The number of fused-ring (bicyclic) bond motifs is 1. The Morgan fingerprint density at radius 1 is 1.28 bits per heavy atom. The van der Waals surface area contributed by atoms with Crippen molar-refractivity contribution in [3.63, 3.8) is 0 Å². The van der Waals surface area contributed by atoms with Crippen molar-refractivity contribution in [2.75, 3.05) is 0 Å². The molecule has 0 saturated carbocycles. The first-order valence-electron chi connectivity index (χ1n) is 11.2. The summed E-state index contributed by atoms with van der Waals surface area (Å²) in [6.07, 6.45) is 9.58. The Bertz CT molecular complexity index is 695. The number of carbonyl (C=O) groups is 2. The van der Waals surface area contributed by atoms with Crippen LogP contribution in [0.1, 0.15) is 66.2 Å². The van der Waals surface area contributed by atoms with Crippen molar-refractivity contribution in [2.24, 2.45) is 35.0 Å². The quantitative estimate of drug-likeness (QED) is 0.643. The Morgan fingerprint density at radius 3 is 2.62 bits per heavy atom. The third-order valence-corrected chi connectivity index (χ3v) is 7.75. The fourth-order valence-corrected chi connectivity index (χ4v) is 5.82. The van der Waals surface area contributed by atoms with Gasteiger partial charge < -0.3 is 14.9 Å². The van der Waals surface area contributed by atoms with E-state index in [2.05, 4.69) is 32.1 Å². The molecule has 3 rings (SSSR count). The number of cyclic esters (lactones) is 1. The van der Waals surface area contributed by atoms with E-state index in [1.54, 1.807) is 0 Å². The fourth-order valence-electron chi connectivity index (χ4n) is 5.82. The van der Waals surface area contributed by atoms with Crippen LogP contribution >= 0.6 is 0 Å². The lowest BCUT2D eigenvalue weighted by Gasteiger charge is -2.49. The summed E-state index contributed by atoms with van der Waals surface area (Å²) in [5, 5.41) is 20.0. The number of rotatable bonds is 6. The number of carboxylic acid groups (broad SMARTS) is 1. The maximum atomic E-state index is 12.3. The highest BCUT2D eigenvalue weighted by molar-refractivity contribution is 5.74. The number of hydrogen-bond donors (Lipinski definition) is 2. The van der Waals surface area contributed by atoms with Gasteiger partial charge in [0.15, 0.2) is 0 Å². The maximum Gasteiger partial charge on any atom is 0.309 e. The second-order valence-corrected chi connectivity index (χ2v) is 9.75. The van der Waals surface area contributed by atoms with Gasteiger partial charge in [0.2, 0.25) is 0 Å². The van der Waals surface area contributed by atoms with Crippen LogP contribution in [0.15, 0.2) is 23.8 Å². The molecule has 0 aromatic carbocycles. The number of hydrogen-bond acceptors (Lipinski definition) is 4. The van der Waals surface area contributed by atoms with Gasteiger partial charge in [0.1, 0.15) is 6.10 Å². The topological polar surface area (TPSA) is 83.8 Å². The summed E-state index contributed by atoms with van der Waals surface area (Å²) in [5.74, 6) is 0.278. The number of esters is 1. The molecule has 1 heterocycles. The molecular formula is C24H36O5. The molecule has 8 unspecified atom stereocenters. The van der Waals surface area contributed by atoms with Gasteiger partial charge in [-0.05, 0) is 67.8 Å². The predicted octanol–water partition coefficient (Wildman–Crippen LogP) is 4.35. The molecule has 2 N–H and O–H groups in total. The van der Waals surface area contributed by atoms with Crippen LogP contribution in [0.3, 0.4) is 0 Å². The lowest BCUT2D eigenvalue weighted by Crippen LogP contribution is -2.46. The van der Waals surface area contributed by atoms with Crippen LogP contribution in [0.5, 0.6) is 0 Å². The van der Waals surface area contributed by atoms with Crippen molar-refractivity contribution in [3.05, 3.63) is 23.8 Å². The lowest BCUT2D eigenvalue weighted by molar-refractivity contribution is -0.161. The van der Waals surface area contributed by atoms with Crippen LogP contribution in [-0.4, -0.2) is 34.4 Å². The van der Waals surface area contributed by atoms with Gasteiger partial charge in [0, 0.05) is 6.42 Å². The first-order valence-corrected chi connectivity index (χ1v) is 11.2. The molecule has 5 heteroatoms. The molecule has 3 aliphatic rings. The second kappa shape index (κ2) is 8.63. The van der Waals surface area contributed by atoms with Crippen molar-refractivity contribution >= 4 is 11.9 Å². The fraction of sp³-hybridized carbons (Fsp3) is 0.750. The number of carboxylic acids is 1. The smallest absolute Gasteiger partial charge is 0.309 e. The zero-order valence-electron chi connectivity index (χ0n) is 18.1. The van der Waals surface area contributed by atoms with Gasteiger partial charge in [0.25, 0.3) is 0 Å². The number of carbonyl (C=O) groups excluding carboxylic acids is 1. The first kappa shape index (κ1) is 22.1. The van der Waals surface area contributed by atoms with Crippen LogP contribution in [0.4, 0.5) is 0 Å².